The van der Waals surface area contributed by atoms with Crippen LogP contribution in [0.15, 0.2) is 6.07 Å². The highest BCUT2D eigenvalue weighted by atomic mass is 16.3. The molecule has 0 bridgehead atoms. The van der Waals surface area contributed by atoms with E-state index in [9.17, 15) is 0 Å². The van der Waals surface area contributed by atoms with Crippen molar-refractivity contribution in [2.24, 2.45) is 0 Å². The lowest BCUT2D eigenvalue weighted by molar-refractivity contribution is 0.272. The number of hydrogen-bond donors (Lipinski definition) is 2. The molecule has 1 saturated heterocycles. The number of nitrogens with one attached hydrogen (secondary N) is 1. The molecule has 0 spiro atoms. The summed E-state index contributed by atoms with van der Waals surface area (Å²) in [4.78, 5) is 2.49. The molecule has 4 nitrogen and oxygen atoms in total. The zero-order valence-electron chi connectivity index (χ0n) is 10.1. The van der Waals surface area contributed by atoms with Crippen LogP contribution in [0.4, 0.5) is 0 Å². The van der Waals surface area contributed by atoms with Gasteiger partial charge in [0.1, 0.15) is 0 Å². The third-order valence-electron chi connectivity index (χ3n) is 3.40. The van der Waals surface area contributed by atoms with Crippen LogP contribution < -0.4 is 0 Å². The number of likely N-dealkylation sites (tertiary alicyclic amines) is 1. The highest BCUT2D eigenvalue weighted by molar-refractivity contribution is 5.15. The summed E-state index contributed by atoms with van der Waals surface area (Å²) in [5.41, 5.74) is 2.20. The molecule has 16 heavy (non-hydrogen) atoms. The monoisotopic (exact) mass is 223 g/mol. The summed E-state index contributed by atoms with van der Waals surface area (Å²) in [6, 6.07) is 2.73. The fraction of sp³-hybridized carbons (Fsp3) is 0.750. The summed E-state index contributed by atoms with van der Waals surface area (Å²) in [7, 11) is 0. The number of aliphatic hydroxyl groups excluding tert-OH is 1. The Kier molecular flexibility index (Phi) is 3.61. The van der Waals surface area contributed by atoms with Gasteiger partial charge in [0.2, 0.25) is 0 Å². The van der Waals surface area contributed by atoms with Crippen LogP contribution in [0.5, 0.6) is 0 Å². The van der Waals surface area contributed by atoms with Crippen molar-refractivity contribution in [3.63, 3.8) is 0 Å². The highest BCUT2D eigenvalue weighted by Gasteiger charge is 2.26. The first-order valence-corrected chi connectivity index (χ1v) is 6.09. The summed E-state index contributed by atoms with van der Waals surface area (Å²) < 4.78 is 0. The Balaban J connectivity index is 1.97. The molecule has 1 aliphatic heterocycles. The van der Waals surface area contributed by atoms with E-state index in [-0.39, 0.29) is 6.61 Å². The van der Waals surface area contributed by atoms with E-state index < -0.39 is 0 Å². The maximum Gasteiger partial charge on any atom is 0.0669 e. The normalized spacial score (nSPS) is 22.1. The van der Waals surface area contributed by atoms with Gasteiger partial charge in [-0.3, -0.25) is 5.10 Å². The summed E-state index contributed by atoms with van der Waals surface area (Å²) in [5.74, 6) is 0.561. The van der Waals surface area contributed by atoms with E-state index in [4.69, 9.17) is 5.11 Å². The van der Waals surface area contributed by atoms with Gasteiger partial charge < -0.3 is 10.0 Å². The number of aliphatic hydroxyl groups is 1. The zero-order chi connectivity index (χ0) is 11.5. The first-order chi connectivity index (χ1) is 7.70. The van der Waals surface area contributed by atoms with Crippen LogP contribution >= 0.6 is 0 Å². The van der Waals surface area contributed by atoms with Gasteiger partial charge >= 0.3 is 0 Å². The van der Waals surface area contributed by atoms with Crippen molar-refractivity contribution in [2.45, 2.75) is 38.6 Å². The summed E-state index contributed by atoms with van der Waals surface area (Å²) >= 11 is 0. The zero-order valence-corrected chi connectivity index (χ0v) is 10.1. The van der Waals surface area contributed by atoms with Gasteiger partial charge in [-0.1, -0.05) is 0 Å². The van der Waals surface area contributed by atoms with Crippen LogP contribution in [0, 0.1) is 0 Å². The molecule has 0 amide bonds. The number of nitrogens with zero attached hydrogens (tertiary/aromatic N) is 2. The third-order valence-corrected chi connectivity index (χ3v) is 3.40. The Morgan fingerprint density at radius 1 is 1.62 bits per heavy atom. The van der Waals surface area contributed by atoms with Gasteiger partial charge in [0, 0.05) is 37.2 Å². The molecule has 2 heterocycles. The lowest BCUT2D eigenvalue weighted by Crippen LogP contribution is -2.27. The van der Waals surface area contributed by atoms with E-state index in [2.05, 4.69) is 35.0 Å². The molecule has 0 aliphatic carbocycles. The number of aromatic nitrogens is 2. The van der Waals surface area contributed by atoms with Gasteiger partial charge in [-0.25, -0.2) is 0 Å². The number of rotatable bonds is 4. The van der Waals surface area contributed by atoms with Crippen LogP contribution in [0.3, 0.4) is 0 Å². The lowest BCUT2D eigenvalue weighted by Gasteiger charge is -2.19. The predicted molar refractivity (Wildman–Crippen MR) is 63.4 cm³/mol. The molecular formula is C12H21N3O. The molecule has 1 fully saturated rings. The van der Waals surface area contributed by atoms with E-state index in [1.54, 1.807) is 0 Å². The van der Waals surface area contributed by atoms with Gasteiger partial charge in [0.25, 0.3) is 0 Å². The largest absolute Gasteiger partial charge is 0.396 e. The van der Waals surface area contributed by atoms with Gasteiger partial charge in [0.05, 0.1) is 5.69 Å². The van der Waals surface area contributed by atoms with E-state index in [1.807, 2.05) is 0 Å². The summed E-state index contributed by atoms with van der Waals surface area (Å²) in [5, 5.41) is 16.2. The van der Waals surface area contributed by atoms with Gasteiger partial charge in [-0.05, 0) is 32.9 Å². The Hall–Kier alpha value is -0.870. The number of hydrogen-bond acceptors (Lipinski definition) is 3. The van der Waals surface area contributed by atoms with Crippen molar-refractivity contribution in [3.05, 3.63) is 17.5 Å². The molecule has 1 aliphatic rings. The molecule has 1 aromatic rings. The molecule has 0 radical (unpaired) electrons. The SMILES string of the molecule is CC(C)N1CCC(c2cc(CCO)[nH]n2)C1. The predicted octanol–water partition coefficient (Wildman–Crippen LogP) is 1.14. The second-order valence-corrected chi connectivity index (χ2v) is 4.87. The van der Waals surface area contributed by atoms with Gasteiger partial charge in [-0.2, -0.15) is 5.10 Å². The minimum absolute atomic E-state index is 0.185. The molecular weight excluding hydrogens is 202 g/mol. The number of aromatic amines is 1. The van der Waals surface area contributed by atoms with Crippen LogP contribution in [0.25, 0.3) is 0 Å². The van der Waals surface area contributed by atoms with E-state index in [0.717, 1.165) is 17.9 Å². The lowest BCUT2D eigenvalue weighted by atomic mass is 10.0. The van der Waals surface area contributed by atoms with Crippen molar-refractivity contribution < 1.29 is 5.11 Å². The van der Waals surface area contributed by atoms with Crippen LogP contribution in [-0.2, 0) is 6.42 Å². The minimum atomic E-state index is 0.185. The maximum absolute atomic E-state index is 8.85. The first kappa shape index (κ1) is 11.6. The topological polar surface area (TPSA) is 52.1 Å². The molecule has 1 unspecified atom stereocenters. The fourth-order valence-electron chi connectivity index (χ4n) is 2.33. The second kappa shape index (κ2) is 4.97. The average Bonchev–Trinajstić information content (AvgIpc) is 2.84. The van der Waals surface area contributed by atoms with Gasteiger partial charge in [0.15, 0.2) is 0 Å². The van der Waals surface area contributed by atoms with Crippen molar-refractivity contribution >= 4 is 0 Å². The van der Waals surface area contributed by atoms with Crippen molar-refractivity contribution in [2.75, 3.05) is 19.7 Å². The molecule has 1 aromatic heterocycles. The molecule has 0 saturated carbocycles. The standard InChI is InChI=1S/C12H21N3O/c1-9(2)15-5-3-10(8-15)12-7-11(4-6-16)13-14-12/h7,9-10,16H,3-6,8H2,1-2H3,(H,13,14). The maximum atomic E-state index is 8.85. The third kappa shape index (κ3) is 2.44. The Labute approximate surface area is 96.7 Å². The van der Waals surface area contributed by atoms with Crippen molar-refractivity contribution in [3.8, 4) is 0 Å². The Morgan fingerprint density at radius 2 is 2.44 bits per heavy atom. The summed E-state index contributed by atoms with van der Waals surface area (Å²) in [6.45, 7) is 6.95. The minimum Gasteiger partial charge on any atom is -0.396 e. The van der Waals surface area contributed by atoms with Crippen molar-refractivity contribution in [1.82, 2.24) is 15.1 Å². The van der Waals surface area contributed by atoms with Crippen LogP contribution in [0.1, 0.15) is 37.6 Å². The summed E-state index contributed by atoms with van der Waals surface area (Å²) in [6.07, 6.45) is 1.87. The second-order valence-electron chi connectivity index (χ2n) is 4.87. The van der Waals surface area contributed by atoms with Crippen molar-refractivity contribution in [1.29, 1.82) is 0 Å². The molecule has 90 valence electrons. The van der Waals surface area contributed by atoms with E-state index in [0.29, 0.717) is 18.4 Å². The quantitative estimate of drug-likeness (QED) is 0.805. The average molecular weight is 223 g/mol. The fourth-order valence-corrected chi connectivity index (χ4v) is 2.33. The molecule has 2 rings (SSSR count). The van der Waals surface area contributed by atoms with Crippen LogP contribution in [-0.4, -0.2) is 45.9 Å². The molecule has 0 aromatic carbocycles. The Morgan fingerprint density at radius 3 is 3.06 bits per heavy atom. The number of H-pyrrole nitrogens is 1. The first-order valence-electron chi connectivity index (χ1n) is 6.09. The van der Waals surface area contributed by atoms with E-state index in [1.165, 1.54) is 13.0 Å². The molecule has 2 N–H and O–H groups in total. The van der Waals surface area contributed by atoms with Crippen LogP contribution in [0.2, 0.25) is 0 Å². The molecule has 4 heteroatoms. The van der Waals surface area contributed by atoms with Gasteiger partial charge in [-0.15, -0.1) is 0 Å². The Bertz CT molecular complexity index is 335. The molecule has 1 atom stereocenters. The highest BCUT2D eigenvalue weighted by Crippen LogP contribution is 2.27. The smallest absolute Gasteiger partial charge is 0.0669 e. The van der Waals surface area contributed by atoms with E-state index >= 15 is 0 Å².